The standard InChI is InChI=1S/C27H26FN7O2/c1-14-5-8-20(29)18(11-14)22-32-21-17(9-10-30-23(21)33-22)15-6-7-16(19(28)12-15)13-31-24(36)25-34-26(35-37-25)27(2,3)4/h5-12H,13,29H2,1-4H3,(H,31,36)(H,30,32,33). The number of nitrogens with zero attached hydrogens (tertiary/aromatic N) is 4. The molecule has 0 saturated heterocycles. The van der Waals surface area contributed by atoms with Gasteiger partial charge in [-0.15, -0.1) is 0 Å². The first-order chi connectivity index (χ1) is 17.6. The lowest BCUT2D eigenvalue weighted by molar-refractivity contribution is 0.0906. The number of imidazole rings is 1. The van der Waals surface area contributed by atoms with Crippen molar-refractivity contribution < 1.29 is 13.7 Å². The van der Waals surface area contributed by atoms with Gasteiger partial charge in [0, 0.05) is 40.5 Å². The molecule has 1 amide bonds. The van der Waals surface area contributed by atoms with Crippen molar-refractivity contribution in [3.8, 4) is 22.5 Å². The van der Waals surface area contributed by atoms with Gasteiger partial charge in [0.15, 0.2) is 11.5 Å². The number of aromatic amines is 1. The summed E-state index contributed by atoms with van der Waals surface area (Å²) in [5, 5.41) is 6.47. The lowest BCUT2D eigenvalue weighted by Gasteiger charge is -2.10. The van der Waals surface area contributed by atoms with Crippen molar-refractivity contribution in [1.82, 2.24) is 30.4 Å². The Bertz CT molecular complexity index is 1630. The highest BCUT2D eigenvalue weighted by Gasteiger charge is 2.24. The summed E-state index contributed by atoms with van der Waals surface area (Å²) < 4.78 is 20.1. The highest BCUT2D eigenvalue weighted by atomic mass is 19.1. The van der Waals surface area contributed by atoms with E-state index in [4.69, 9.17) is 15.2 Å². The Labute approximate surface area is 212 Å². The molecule has 5 aromatic rings. The lowest BCUT2D eigenvalue weighted by Crippen LogP contribution is -2.24. The van der Waals surface area contributed by atoms with E-state index in [0.717, 1.165) is 11.1 Å². The SMILES string of the molecule is Cc1ccc(N)c(-c2nc3c(-c4ccc(CNC(=O)c5nc(C(C)(C)C)no5)c(F)c4)ccnc3[nH]2)c1. The van der Waals surface area contributed by atoms with E-state index in [1.807, 2.05) is 45.9 Å². The summed E-state index contributed by atoms with van der Waals surface area (Å²) in [6.45, 7) is 7.68. The molecule has 0 aliphatic rings. The summed E-state index contributed by atoms with van der Waals surface area (Å²) in [4.78, 5) is 28.9. The zero-order valence-electron chi connectivity index (χ0n) is 20.9. The first-order valence-corrected chi connectivity index (χ1v) is 11.7. The number of rotatable bonds is 5. The van der Waals surface area contributed by atoms with Gasteiger partial charge in [-0.05, 0) is 36.8 Å². The highest BCUT2D eigenvalue weighted by Crippen LogP contribution is 2.31. The molecule has 0 unspecified atom stereocenters. The predicted octanol–water partition coefficient (Wildman–Crippen LogP) is 4.93. The Morgan fingerprint density at radius 3 is 2.65 bits per heavy atom. The van der Waals surface area contributed by atoms with Gasteiger partial charge in [0.1, 0.15) is 17.2 Å². The first kappa shape index (κ1) is 24.1. The van der Waals surface area contributed by atoms with Crippen LogP contribution in [-0.4, -0.2) is 31.0 Å². The van der Waals surface area contributed by atoms with E-state index in [-0.39, 0.29) is 17.9 Å². The fourth-order valence-corrected chi connectivity index (χ4v) is 3.88. The molecule has 0 aliphatic heterocycles. The summed E-state index contributed by atoms with van der Waals surface area (Å²) in [6, 6.07) is 12.3. The highest BCUT2D eigenvalue weighted by molar-refractivity contribution is 5.92. The number of anilines is 1. The average Bonchev–Trinajstić information content (AvgIpc) is 3.52. The minimum atomic E-state index is -0.568. The second kappa shape index (κ2) is 9.12. The van der Waals surface area contributed by atoms with Crippen LogP contribution in [0, 0.1) is 12.7 Å². The molecule has 3 heterocycles. The number of amides is 1. The number of nitrogen functional groups attached to an aromatic ring is 1. The maximum absolute atomic E-state index is 15.1. The van der Waals surface area contributed by atoms with Crippen LogP contribution >= 0.6 is 0 Å². The monoisotopic (exact) mass is 499 g/mol. The van der Waals surface area contributed by atoms with E-state index in [9.17, 15) is 4.79 Å². The van der Waals surface area contributed by atoms with Crippen LogP contribution in [0.4, 0.5) is 10.1 Å². The number of fused-ring (bicyclic) bond motifs is 1. The molecule has 4 N–H and O–H groups in total. The van der Waals surface area contributed by atoms with Crippen LogP contribution in [0.3, 0.4) is 0 Å². The average molecular weight is 500 g/mol. The molecule has 5 rings (SSSR count). The van der Waals surface area contributed by atoms with Gasteiger partial charge in [0.25, 0.3) is 0 Å². The van der Waals surface area contributed by atoms with E-state index < -0.39 is 11.7 Å². The smallest absolute Gasteiger partial charge is 0.315 e. The molecular weight excluding hydrogens is 473 g/mol. The molecule has 0 bridgehead atoms. The van der Waals surface area contributed by atoms with Crippen molar-refractivity contribution in [2.45, 2.75) is 39.7 Å². The number of nitrogens with two attached hydrogens (primary N) is 1. The molecular formula is C27H26FN7O2. The summed E-state index contributed by atoms with van der Waals surface area (Å²) in [6.07, 6.45) is 1.64. The fourth-order valence-electron chi connectivity index (χ4n) is 3.88. The first-order valence-electron chi connectivity index (χ1n) is 11.7. The fraction of sp³-hybridized carbons (Fsp3) is 0.222. The van der Waals surface area contributed by atoms with E-state index in [2.05, 4.69) is 25.4 Å². The number of hydrogen-bond donors (Lipinski definition) is 3. The molecule has 0 aliphatic carbocycles. The summed E-state index contributed by atoms with van der Waals surface area (Å²) in [7, 11) is 0. The molecule has 0 spiro atoms. The van der Waals surface area contributed by atoms with E-state index >= 15 is 4.39 Å². The number of benzene rings is 2. The molecule has 3 aromatic heterocycles. The topological polar surface area (TPSA) is 136 Å². The predicted molar refractivity (Wildman–Crippen MR) is 138 cm³/mol. The van der Waals surface area contributed by atoms with E-state index in [1.54, 1.807) is 24.4 Å². The van der Waals surface area contributed by atoms with E-state index in [1.165, 1.54) is 6.07 Å². The van der Waals surface area contributed by atoms with Gasteiger partial charge in [0.2, 0.25) is 0 Å². The van der Waals surface area contributed by atoms with Crippen LogP contribution in [0.1, 0.15) is 48.4 Å². The lowest BCUT2D eigenvalue weighted by atomic mass is 9.96. The Hall–Kier alpha value is -4.60. The number of H-pyrrole nitrogens is 1. The van der Waals surface area contributed by atoms with Gasteiger partial charge in [-0.3, -0.25) is 4.79 Å². The van der Waals surface area contributed by atoms with Crippen molar-refractivity contribution in [3.05, 3.63) is 77.3 Å². The molecule has 0 radical (unpaired) electrons. The van der Waals surface area contributed by atoms with Crippen molar-refractivity contribution in [2.24, 2.45) is 0 Å². The Balaban J connectivity index is 1.38. The van der Waals surface area contributed by atoms with Gasteiger partial charge in [-0.1, -0.05) is 49.7 Å². The molecule has 0 saturated carbocycles. The van der Waals surface area contributed by atoms with Crippen LogP contribution in [0.5, 0.6) is 0 Å². The van der Waals surface area contributed by atoms with Crippen LogP contribution in [0.2, 0.25) is 0 Å². The number of hydrogen-bond acceptors (Lipinski definition) is 7. The maximum Gasteiger partial charge on any atom is 0.315 e. The van der Waals surface area contributed by atoms with Crippen LogP contribution in [0.25, 0.3) is 33.7 Å². The molecule has 9 nitrogen and oxygen atoms in total. The normalized spacial score (nSPS) is 11.7. The van der Waals surface area contributed by atoms with Crippen molar-refractivity contribution in [2.75, 3.05) is 5.73 Å². The van der Waals surface area contributed by atoms with Crippen LogP contribution < -0.4 is 11.1 Å². The second-order valence-electron chi connectivity index (χ2n) is 9.89. The van der Waals surface area contributed by atoms with Crippen LogP contribution in [-0.2, 0) is 12.0 Å². The van der Waals surface area contributed by atoms with Crippen molar-refractivity contribution in [3.63, 3.8) is 0 Å². The third-order valence-electron chi connectivity index (χ3n) is 5.94. The molecule has 0 fully saturated rings. The number of pyridine rings is 1. The Kier molecular flexibility index (Phi) is 5.94. The number of carbonyl (C=O) groups is 1. The third-order valence-corrected chi connectivity index (χ3v) is 5.94. The number of aromatic nitrogens is 5. The number of nitrogens with one attached hydrogen (secondary N) is 2. The van der Waals surface area contributed by atoms with E-state index in [0.29, 0.717) is 45.2 Å². The minimum Gasteiger partial charge on any atom is -0.398 e. The van der Waals surface area contributed by atoms with Gasteiger partial charge in [-0.25, -0.2) is 14.4 Å². The number of aryl methyl sites for hydroxylation is 1. The minimum absolute atomic E-state index is 0.0386. The summed E-state index contributed by atoms with van der Waals surface area (Å²) in [5.74, 6) is -0.191. The van der Waals surface area contributed by atoms with Gasteiger partial charge in [0.05, 0.1) is 0 Å². The zero-order valence-corrected chi connectivity index (χ0v) is 20.9. The largest absolute Gasteiger partial charge is 0.398 e. The number of carbonyl (C=O) groups excluding carboxylic acids is 1. The molecule has 10 heteroatoms. The molecule has 188 valence electrons. The number of halogens is 1. The molecule has 2 aromatic carbocycles. The Morgan fingerprint density at radius 1 is 1.11 bits per heavy atom. The summed E-state index contributed by atoms with van der Waals surface area (Å²) >= 11 is 0. The third kappa shape index (κ3) is 4.77. The zero-order chi connectivity index (χ0) is 26.3. The summed E-state index contributed by atoms with van der Waals surface area (Å²) in [5.41, 5.74) is 11.1. The van der Waals surface area contributed by atoms with Crippen LogP contribution in [0.15, 0.2) is 53.2 Å². The maximum atomic E-state index is 15.1. The second-order valence-corrected chi connectivity index (χ2v) is 9.89. The quantitative estimate of drug-likeness (QED) is 0.292. The Morgan fingerprint density at radius 2 is 1.92 bits per heavy atom. The van der Waals surface area contributed by atoms with Crippen molar-refractivity contribution >= 4 is 22.8 Å². The molecule has 37 heavy (non-hydrogen) atoms. The van der Waals surface area contributed by atoms with Gasteiger partial charge in [-0.2, -0.15) is 4.98 Å². The molecule has 0 atom stereocenters. The van der Waals surface area contributed by atoms with Crippen molar-refractivity contribution in [1.29, 1.82) is 0 Å². The van der Waals surface area contributed by atoms with Gasteiger partial charge < -0.3 is 20.6 Å². The van der Waals surface area contributed by atoms with Gasteiger partial charge >= 0.3 is 11.8 Å².